The number of aromatic nitrogens is 1. The van der Waals surface area contributed by atoms with Crippen LogP contribution >= 0.6 is 11.8 Å². The van der Waals surface area contributed by atoms with E-state index < -0.39 is 10.9 Å². The predicted octanol–water partition coefficient (Wildman–Crippen LogP) is 2.89. The van der Waals surface area contributed by atoms with Gasteiger partial charge in [-0.3, -0.25) is 14.6 Å². The first-order valence-corrected chi connectivity index (χ1v) is 10.5. The van der Waals surface area contributed by atoms with Gasteiger partial charge >= 0.3 is 0 Å². The van der Waals surface area contributed by atoms with E-state index in [4.69, 9.17) is 0 Å². The number of anilines is 4. The first kappa shape index (κ1) is 18.6. The van der Waals surface area contributed by atoms with Crippen LogP contribution in [-0.4, -0.2) is 29.6 Å². The second-order valence-corrected chi connectivity index (χ2v) is 8.08. The molecule has 0 spiro atoms. The number of hydrogen-bond acceptors (Lipinski definition) is 7. The molecule has 6 nitrogen and oxygen atoms in total. The van der Waals surface area contributed by atoms with E-state index in [0.717, 1.165) is 41.5 Å². The summed E-state index contributed by atoms with van der Waals surface area (Å²) in [6.45, 7) is 4.47. The zero-order valence-corrected chi connectivity index (χ0v) is 16.5. The Kier molecular flexibility index (Phi) is 5.34. The summed E-state index contributed by atoms with van der Waals surface area (Å²) in [7, 11) is 0. The highest BCUT2D eigenvalue weighted by atomic mass is 32.2. The molecule has 1 aromatic heterocycles. The van der Waals surface area contributed by atoms with Crippen LogP contribution < -0.4 is 26.4 Å². The third-order valence-electron chi connectivity index (χ3n) is 4.84. The van der Waals surface area contributed by atoms with Crippen molar-refractivity contribution >= 4 is 34.5 Å². The van der Waals surface area contributed by atoms with Gasteiger partial charge in [-0.05, 0) is 42.8 Å². The second kappa shape index (κ2) is 8.06. The monoisotopic (exact) mass is 394 g/mol. The molecule has 0 aliphatic carbocycles. The van der Waals surface area contributed by atoms with Gasteiger partial charge in [0.2, 0.25) is 0 Å². The smallest absolute Gasteiger partial charge is 0.253 e. The largest absolute Gasteiger partial charge is 0.374 e. The number of rotatable bonds is 6. The third kappa shape index (κ3) is 3.89. The third-order valence-corrected chi connectivity index (χ3v) is 5.78. The molecule has 0 unspecified atom stereocenters. The molecule has 0 atom stereocenters. The number of nitrogens with one attached hydrogen (secondary N) is 2. The molecule has 1 aliphatic rings. The summed E-state index contributed by atoms with van der Waals surface area (Å²) >= 11 is 1.98. The van der Waals surface area contributed by atoms with Crippen LogP contribution in [0.25, 0.3) is 0 Å². The lowest BCUT2D eigenvalue weighted by atomic mass is 10.1. The summed E-state index contributed by atoms with van der Waals surface area (Å²) in [5.74, 6) is 2.29. The van der Waals surface area contributed by atoms with Crippen LogP contribution in [-0.2, 0) is 6.54 Å². The van der Waals surface area contributed by atoms with Gasteiger partial charge < -0.3 is 15.5 Å². The highest BCUT2D eigenvalue weighted by Gasteiger charge is 2.21. The van der Waals surface area contributed by atoms with E-state index in [-0.39, 0.29) is 0 Å². The SMILES string of the molecule is Cc1ccc(CNc2c(Nc3ccc(N4CCSCC4)cc3)c(=O)c2=O)nc1. The first-order chi connectivity index (χ1) is 13.6. The molecule has 2 aromatic carbocycles. The van der Waals surface area contributed by atoms with Crippen LogP contribution in [0.3, 0.4) is 0 Å². The molecule has 0 amide bonds. The van der Waals surface area contributed by atoms with Crippen molar-refractivity contribution in [2.24, 2.45) is 0 Å². The van der Waals surface area contributed by atoms with E-state index in [1.165, 1.54) is 5.69 Å². The summed E-state index contributed by atoms with van der Waals surface area (Å²) in [6.07, 6.45) is 1.78. The molecule has 1 fully saturated rings. The normalized spacial score (nSPS) is 14.2. The van der Waals surface area contributed by atoms with Crippen LogP contribution in [0.5, 0.6) is 0 Å². The second-order valence-electron chi connectivity index (χ2n) is 6.86. The van der Waals surface area contributed by atoms with Gasteiger partial charge in [0.05, 0.1) is 12.2 Å². The van der Waals surface area contributed by atoms with E-state index in [2.05, 4.69) is 20.5 Å². The van der Waals surface area contributed by atoms with Gasteiger partial charge in [0, 0.05) is 42.2 Å². The molecule has 1 saturated heterocycles. The summed E-state index contributed by atoms with van der Waals surface area (Å²) in [5, 5.41) is 6.13. The molecule has 2 heterocycles. The summed E-state index contributed by atoms with van der Waals surface area (Å²) < 4.78 is 0. The highest BCUT2D eigenvalue weighted by Crippen LogP contribution is 2.25. The maximum atomic E-state index is 12.0. The van der Waals surface area contributed by atoms with Crippen LogP contribution in [0, 0.1) is 6.92 Å². The molecule has 7 heteroatoms. The van der Waals surface area contributed by atoms with Crippen LogP contribution in [0.1, 0.15) is 11.3 Å². The van der Waals surface area contributed by atoms with Gasteiger partial charge in [0.25, 0.3) is 10.9 Å². The summed E-state index contributed by atoms with van der Waals surface area (Å²) in [4.78, 5) is 30.6. The van der Waals surface area contributed by atoms with Crippen LogP contribution in [0.4, 0.5) is 22.7 Å². The molecule has 0 radical (unpaired) electrons. The Labute approximate surface area is 167 Å². The molecular weight excluding hydrogens is 372 g/mol. The Morgan fingerprint density at radius 1 is 1.00 bits per heavy atom. The van der Waals surface area contributed by atoms with Crippen LogP contribution in [0.2, 0.25) is 0 Å². The van der Waals surface area contributed by atoms with Gasteiger partial charge in [0.1, 0.15) is 11.4 Å². The van der Waals surface area contributed by atoms with Crippen molar-refractivity contribution in [2.75, 3.05) is 40.1 Å². The first-order valence-electron chi connectivity index (χ1n) is 9.30. The molecule has 3 aromatic rings. The van der Waals surface area contributed by atoms with Crippen molar-refractivity contribution in [1.82, 2.24) is 4.98 Å². The lowest BCUT2D eigenvalue weighted by Gasteiger charge is -2.28. The van der Waals surface area contributed by atoms with Gasteiger partial charge in [0.15, 0.2) is 0 Å². The van der Waals surface area contributed by atoms with Gasteiger partial charge in [-0.15, -0.1) is 0 Å². The summed E-state index contributed by atoms with van der Waals surface area (Å²) in [5.41, 5.74) is 3.52. The number of thioether (sulfide) groups is 1. The zero-order valence-electron chi connectivity index (χ0n) is 15.7. The quantitative estimate of drug-likeness (QED) is 0.623. The number of nitrogens with zero attached hydrogens (tertiary/aromatic N) is 2. The molecule has 2 N–H and O–H groups in total. The maximum absolute atomic E-state index is 12.0. The van der Waals surface area contributed by atoms with E-state index in [1.807, 2.05) is 55.1 Å². The molecule has 28 heavy (non-hydrogen) atoms. The average Bonchev–Trinajstić information content (AvgIpc) is 2.75. The Hall–Kier alpha value is -2.80. The minimum atomic E-state index is -0.489. The Morgan fingerprint density at radius 3 is 2.39 bits per heavy atom. The van der Waals surface area contributed by atoms with E-state index in [0.29, 0.717) is 17.9 Å². The van der Waals surface area contributed by atoms with Gasteiger partial charge in [-0.1, -0.05) is 6.07 Å². The zero-order chi connectivity index (χ0) is 19.5. The Bertz CT molecular complexity index is 1020. The lowest BCUT2D eigenvalue weighted by Crippen LogP contribution is -2.36. The topological polar surface area (TPSA) is 74.3 Å². The fourth-order valence-electron chi connectivity index (χ4n) is 3.18. The van der Waals surface area contributed by atoms with Crippen molar-refractivity contribution in [3.8, 4) is 0 Å². The standard InChI is InChI=1S/C21H22N4O2S/c1-14-2-3-16(22-12-14)13-23-18-19(21(27)20(18)26)24-15-4-6-17(7-5-15)25-8-10-28-11-9-25/h2-7,12,23-24H,8-11,13H2,1H3. The number of pyridine rings is 1. The van der Waals surface area contributed by atoms with Crippen LogP contribution in [0.15, 0.2) is 52.2 Å². The fourth-order valence-corrected chi connectivity index (χ4v) is 4.09. The molecule has 0 bridgehead atoms. The highest BCUT2D eigenvalue weighted by molar-refractivity contribution is 7.99. The average molecular weight is 395 g/mol. The van der Waals surface area contributed by atoms with E-state index in [9.17, 15) is 9.59 Å². The molecule has 144 valence electrons. The van der Waals surface area contributed by atoms with Crippen molar-refractivity contribution in [3.63, 3.8) is 0 Å². The number of benzene rings is 1. The minimum Gasteiger partial charge on any atom is -0.374 e. The van der Waals surface area contributed by atoms with E-state index >= 15 is 0 Å². The summed E-state index contributed by atoms with van der Waals surface area (Å²) in [6, 6.07) is 11.9. The van der Waals surface area contributed by atoms with Crippen molar-refractivity contribution in [1.29, 1.82) is 0 Å². The number of hydrogen-bond donors (Lipinski definition) is 2. The molecule has 1 aliphatic heterocycles. The molecule has 0 saturated carbocycles. The van der Waals surface area contributed by atoms with Gasteiger partial charge in [-0.25, -0.2) is 0 Å². The number of aryl methyl sites for hydroxylation is 1. The maximum Gasteiger partial charge on any atom is 0.253 e. The Morgan fingerprint density at radius 2 is 1.71 bits per heavy atom. The predicted molar refractivity (Wildman–Crippen MR) is 117 cm³/mol. The molecular formula is C21H22N4O2S. The van der Waals surface area contributed by atoms with Crippen molar-refractivity contribution in [3.05, 3.63) is 74.3 Å². The fraction of sp³-hybridized carbons (Fsp3) is 0.286. The minimum absolute atomic E-state index is 0.319. The van der Waals surface area contributed by atoms with Gasteiger partial charge in [-0.2, -0.15) is 11.8 Å². The Balaban J connectivity index is 1.43. The van der Waals surface area contributed by atoms with E-state index in [1.54, 1.807) is 6.20 Å². The van der Waals surface area contributed by atoms with Crippen molar-refractivity contribution < 1.29 is 0 Å². The lowest BCUT2D eigenvalue weighted by molar-refractivity contribution is 0.859. The molecule has 4 rings (SSSR count). The van der Waals surface area contributed by atoms with Crippen molar-refractivity contribution in [2.45, 2.75) is 13.5 Å².